The third-order valence-electron chi connectivity index (χ3n) is 4.17. The molecule has 0 aliphatic carbocycles. The largest absolute Gasteiger partial charge is 0.385 e. The Balaban J connectivity index is 2.03. The number of aromatic nitrogens is 3. The summed E-state index contributed by atoms with van der Waals surface area (Å²) < 4.78 is 8.79. The van der Waals surface area contributed by atoms with Gasteiger partial charge in [0.1, 0.15) is 5.56 Å². The van der Waals surface area contributed by atoms with Gasteiger partial charge in [-0.05, 0) is 50.1 Å². The maximum Gasteiger partial charge on any atom is 0.256 e. The lowest BCUT2D eigenvalue weighted by molar-refractivity contribution is 0.0948. The van der Waals surface area contributed by atoms with Crippen molar-refractivity contribution in [1.29, 1.82) is 0 Å². The Morgan fingerprint density at radius 3 is 2.65 bits per heavy atom. The van der Waals surface area contributed by atoms with Crippen molar-refractivity contribution in [2.45, 2.75) is 20.3 Å². The van der Waals surface area contributed by atoms with Crippen LogP contribution in [0.2, 0.25) is 0 Å². The fraction of sp³-hybridized carbons (Fsp3) is 0.300. The first kappa shape index (κ1) is 17.9. The number of amides is 1. The van der Waals surface area contributed by atoms with Gasteiger partial charge in [-0.1, -0.05) is 12.1 Å². The number of aryl methyl sites for hydroxylation is 2. The van der Waals surface area contributed by atoms with E-state index in [4.69, 9.17) is 4.74 Å². The van der Waals surface area contributed by atoms with Gasteiger partial charge in [-0.25, -0.2) is 4.68 Å². The smallest absolute Gasteiger partial charge is 0.256 e. The summed E-state index contributed by atoms with van der Waals surface area (Å²) in [5.74, 6) is 0.614. The van der Waals surface area contributed by atoms with E-state index in [0.29, 0.717) is 24.4 Å². The van der Waals surface area contributed by atoms with Gasteiger partial charge in [0, 0.05) is 32.7 Å². The van der Waals surface area contributed by atoms with Crippen molar-refractivity contribution in [3.05, 3.63) is 65.6 Å². The maximum atomic E-state index is 12.8. The van der Waals surface area contributed by atoms with Crippen LogP contribution in [-0.2, 0) is 4.74 Å². The number of hydrogen-bond acceptors (Lipinski definition) is 3. The van der Waals surface area contributed by atoms with Crippen molar-refractivity contribution in [3.63, 3.8) is 0 Å². The van der Waals surface area contributed by atoms with Gasteiger partial charge in [0.05, 0.1) is 11.4 Å². The molecule has 1 aromatic carbocycles. The van der Waals surface area contributed by atoms with E-state index in [2.05, 4.69) is 16.5 Å². The lowest BCUT2D eigenvalue weighted by Crippen LogP contribution is -2.26. The first-order valence-corrected chi connectivity index (χ1v) is 8.69. The van der Waals surface area contributed by atoms with Crippen LogP contribution in [0.4, 0.5) is 0 Å². The number of hydrogen-bond donors (Lipinski definition) is 1. The lowest BCUT2D eigenvalue weighted by atomic mass is 10.2. The molecule has 2 heterocycles. The number of benzene rings is 1. The Labute approximate surface area is 153 Å². The second-order valence-corrected chi connectivity index (χ2v) is 6.23. The maximum absolute atomic E-state index is 12.8. The van der Waals surface area contributed by atoms with Crippen molar-refractivity contribution in [1.82, 2.24) is 19.7 Å². The molecule has 1 N–H and O–H groups in total. The Morgan fingerprint density at radius 1 is 1.19 bits per heavy atom. The van der Waals surface area contributed by atoms with Gasteiger partial charge >= 0.3 is 0 Å². The number of ether oxygens (including phenoxy) is 1. The fourth-order valence-corrected chi connectivity index (χ4v) is 2.94. The summed E-state index contributed by atoms with van der Waals surface area (Å²) in [7, 11) is 1.65. The monoisotopic (exact) mass is 352 g/mol. The van der Waals surface area contributed by atoms with Gasteiger partial charge in [-0.15, -0.1) is 0 Å². The Morgan fingerprint density at radius 2 is 1.96 bits per heavy atom. The van der Waals surface area contributed by atoms with Crippen LogP contribution in [0.5, 0.6) is 0 Å². The van der Waals surface area contributed by atoms with Crippen LogP contribution in [0.1, 0.15) is 28.0 Å². The minimum absolute atomic E-state index is 0.124. The molecule has 6 heteroatoms. The molecule has 0 aliphatic heterocycles. The zero-order chi connectivity index (χ0) is 18.5. The standard InChI is InChI=1S/C20H24N4O2/c1-15-8-6-9-17(14-15)24-20(23-11-4-5-12-23)18(16(2)22-24)19(25)21-10-7-13-26-3/h4-6,8-9,11-12,14H,7,10,13H2,1-3H3,(H,21,25). The highest BCUT2D eigenvalue weighted by atomic mass is 16.5. The van der Waals surface area contributed by atoms with E-state index in [1.54, 1.807) is 7.11 Å². The normalized spacial score (nSPS) is 10.9. The molecular formula is C20H24N4O2. The molecule has 0 bridgehead atoms. The van der Waals surface area contributed by atoms with Crippen molar-refractivity contribution in [3.8, 4) is 11.5 Å². The second-order valence-electron chi connectivity index (χ2n) is 6.23. The van der Waals surface area contributed by atoms with Gasteiger partial charge < -0.3 is 14.6 Å². The SMILES string of the molecule is COCCCNC(=O)c1c(C)nn(-c2cccc(C)c2)c1-n1cccc1. The number of carbonyl (C=O) groups excluding carboxylic acids is 1. The highest BCUT2D eigenvalue weighted by Crippen LogP contribution is 2.23. The quantitative estimate of drug-likeness (QED) is 0.665. The van der Waals surface area contributed by atoms with Crippen LogP contribution in [0.15, 0.2) is 48.8 Å². The van der Waals surface area contributed by atoms with Crippen LogP contribution in [-0.4, -0.2) is 40.5 Å². The van der Waals surface area contributed by atoms with Crippen LogP contribution in [0.3, 0.4) is 0 Å². The minimum atomic E-state index is -0.124. The third-order valence-corrected chi connectivity index (χ3v) is 4.17. The third kappa shape index (κ3) is 3.70. The van der Waals surface area contributed by atoms with Gasteiger partial charge in [-0.3, -0.25) is 4.79 Å². The molecule has 1 amide bonds. The predicted molar refractivity (Wildman–Crippen MR) is 101 cm³/mol. The van der Waals surface area contributed by atoms with Crippen LogP contribution < -0.4 is 5.32 Å². The number of methoxy groups -OCH3 is 1. The molecule has 0 radical (unpaired) electrons. The summed E-state index contributed by atoms with van der Waals surface area (Å²) in [6.45, 7) is 5.08. The average Bonchev–Trinajstić information content (AvgIpc) is 3.26. The van der Waals surface area contributed by atoms with Gasteiger partial charge in [0.15, 0.2) is 5.82 Å². The molecule has 0 atom stereocenters. The van der Waals surface area contributed by atoms with Gasteiger partial charge in [0.2, 0.25) is 0 Å². The Hall–Kier alpha value is -2.86. The summed E-state index contributed by atoms with van der Waals surface area (Å²) in [5, 5.41) is 7.62. The molecular weight excluding hydrogens is 328 g/mol. The lowest BCUT2D eigenvalue weighted by Gasteiger charge is -2.12. The van der Waals surface area contributed by atoms with E-state index >= 15 is 0 Å². The molecule has 3 aromatic rings. The molecule has 2 aromatic heterocycles. The van der Waals surface area contributed by atoms with E-state index in [1.807, 2.05) is 65.8 Å². The molecule has 0 unspecified atom stereocenters. The van der Waals surface area contributed by atoms with Crippen molar-refractivity contribution >= 4 is 5.91 Å². The van der Waals surface area contributed by atoms with Crippen LogP contribution >= 0.6 is 0 Å². The zero-order valence-electron chi connectivity index (χ0n) is 15.4. The van der Waals surface area contributed by atoms with Crippen molar-refractivity contribution < 1.29 is 9.53 Å². The van der Waals surface area contributed by atoms with Gasteiger partial charge in [-0.2, -0.15) is 5.10 Å². The summed E-state index contributed by atoms with van der Waals surface area (Å²) in [6, 6.07) is 11.9. The Kier molecular flexibility index (Phi) is 5.53. The first-order chi connectivity index (χ1) is 12.6. The van der Waals surface area contributed by atoms with Crippen LogP contribution in [0.25, 0.3) is 11.5 Å². The molecule has 136 valence electrons. The fourth-order valence-electron chi connectivity index (χ4n) is 2.94. The van der Waals surface area contributed by atoms with Crippen LogP contribution in [0, 0.1) is 13.8 Å². The number of rotatable bonds is 7. The molecule has 3 rings (SSSR count). The zero-order valence-corrected chi connectivity index (χ0v) is 15.4. The Bertz CT molecular complexity index is 881. The summed E-state index contributed by atoms with van der Waals surface area (Å²) >= 11 is 0. The van der Waals surface area contributed by atoms with Crippen molar-refractivity contribution in [2.24, 2.45) is 0 Å². The molecule has 0 saturated heterocycles. The van der Waals surface area contributed by atoms with E-state index < -0.39 is 0 Å². The number of nitrogens with one attached hydrogen (secondary N) is 1. The highest BCUT2D eigenvalue weighted by molar-refractivity contribution is 5.98. The molecule has 6 nitrogen and oxygen atoms in total. The molecule has 0 aliphatic rings. The number of nitrogens with zero attached hydrogens (tertiary/aromatic N) is 3. The summed E-state index contributed by atoms with van der Waals surface area (Å²) in [6.07, 6.45) is 4.61. The number of carbonyl (C=O) groups is 1. The van der Waals surface area contributed by atoms with E-state index in [1.165, 1.54) is 0 Å². The second kappa shape index (κ2) is 8.01. The highest BCUT2D eigenvalue weighted by Gasteiger charge is 2.23. The molecule has 0 spiro atoms. The van der Waals surface area contributed by atoms with E-state index in [9.17, 15) is 4.79 Å². The first-order valence-electron chi connectivity index (χ1n) is 8.69. The van der Waals surface area contributed by atoms with E-state index in [-0.39, 0.29) is 5.91 Å². The summed E-state index contributed by atoms with van der Waals surface area (Å²) in [4.78, 5) is 12.8. The topological polar surface area (TPSA) is 61.1 Å². The van der Waals surface area contributed by atoms with E-state index in [0.717, 1.165) is 23.5 Å². The van der Waals surface area contributed by atoms with Gasteiger partial charge in [0.25, 0.3) is 5.91 Å². The molecule has 0 saturated carbocycles. The average molecular weight is 352 g/mol. The molecule has 0 fully saturated rings. The minimum Gasteiger partial charge on any atom is -0.385 e. The van der Waals surface area contributed by atoms with Crippen molar-refractivity contribution in [2.75, 3.05) is 20.3 Å². The predicted octanol–water partition coefficient (Wildman–Crippen LogP) is 3.05. The summed E-state index contributed by atoms with van der Waals surface area (Å²) in [5.41, 5.74) is 3.34. The molecule has 26 heavy (non-hydrogen) atoms.